The number of anilines is 4. The zero-order chi connectivity index (χ0) is 28.9. The van der Waals surface area contributed by atoms with E-state index in [1.807, 2.05) is 22.8 Å². The van der Waals surface area contributed by atoms with Gasteiger partial charge in [-0.3, -0.25) is 9.69 Å². The molecule has 10 heteroatoms. The summed E-state index contributed by atoms with van der Waals surface area (Å²) in [5, 5.41) is 19.9. The third-order valence-electron chi connectivity index (χ3n) is 7.35. The number of terminal acetylenes is 1. The molecule has 2 aliphatic rings. The lowest BCUT2D eigenvalue weighted by Gasteiger charge is -2.41. The fourth-order valence-corrected chi connectivity index (χ4v) is 5.12. The fourth-order valence-electron chi connectivity index (χ4n) is 5.12. The summed E-state index contributed by atoms with van der Waals surface area (Å²) in [6.45, 7) is 4.07. The summed E-state index contributed by atoms with van der Waals surface area (Å²) >= 11 is 0. The molecular weight excluding hydrogens is 516 g/mol. The maximum Gasteiger partial charge on any atom is 0.225 e. The first-order valence-electron chi connectivity index (χ1n) is 13.5. The zero-order valence-corrected chi connectivity index (χ0v) is 23.1. The summed E-state index contributed by atoms with van der Waals surface area (Å²) in [6, 6.07) is 13.1. The van der Waals surface area contributed by atoms with Gasteiger partial charge in [0.15, 0.2) is 0 Å². The normalized spacial score (nSPS) is 16.4. The van der Waals surface area contributed by atoms with Crippen molar-refractivity contribution >= 4 is 29.0 Å². The lowest BCUT2D eigenvalue weighted by atomic mass is 10.1. The molecule has 3 aromatic rings. The van der Waals surface area contributed by atoms with Crippen LogP contribution in [0.3, 0.4) is 0 Å². The molecule has 3 aromatic heterocycles. The van der Waals surface area contributed by atoms with Crippen molar-refractivity contribution in [3.8, 4) is 24.5 Å². The number of pyridine rings is 3. The van der Waals surface area contributed by atoms with Crippen LogP contribution >= 0.6 is 0 Å². The molecule has 4 heterocycles. The number of hydrogen-bond acceptors (Lipinski definition) is 9. The van der Waals surface area contributed by atoms with Gasteiger partial charge in [-0.05, 0) is 50.1 Å². The number of methoxy groups -OCH3 is 1. The molecule has 0 bridgehead atoms. The lowest BCUT2D eigenvalue weighted by molar-refractivity contribution is -0.134. The predicted molar refractivity (Wildman–Crippen MR) is 154 cm³/mol. The maximum absolute atomic E-state index is 12.7. The van der Waals surface area contributed by atoms with E-state index in [0.717, 1.165) is 18.5 Å². The number of amides is 1. The van der Waals surface area contributed by atoms with Gasteiger partial charge >= 0.3 is 0 Å². The Bertz CT molecular complexity index is 1520. The van der Waals surface area contributed by atoms with Crippen LogP contribution in [0.2, 0.25) is 0 Å². The lowest BCUT2D eigenvalue weighted by Crippen LogP contribution is -2.54. The Morgan fingerprint density at radius 1 is 1.10 bits per heavy atom. The van der Waals surface area contributed by atoms with E-state index in [1.54, 1.807) is 43.8 Å². The number of hydrogen-bond donors (Lipinski definition) is 0. The summed E-state index contributed by atoms with van der Waals surface area (Å²) in [7, 11) is 1.59. The SMILES string of the molecule is C#Cc1ccnc(N(c2cc(C#N)ccn2)c2cc(C#N)c(N3CCN(C(=O)CCOC)[C@H](C)C3)nc2C2CC2)c1. The number of carbonyl (C=O) groups is 1. The van der Waals surface area contributed by atoms with Gasteiger partial charge in [-0.25, -0.2) is 15.0 Å². The van der Waals surface area contributed by atoms with Crippen LogP contribution in [0.25, 0.3) is 0 Å². The summed E-state index contributed by atoms with van der Waals surface area (Å²) in [4.78, 5) is 32.7. The van der Waals surface area contributed by atoms with Crippen LogP contribution in [0.4, 0.5) is 23.1 Å². The van der Waals surface area contributed by atoms with Crippen molar-refractivity contribution in [2.24, 2.45) is 0 Å². The Balaban J connectivity index is 1.58. The molecule has 0 aromatic carbocycles. The third-order valence-corrected chi connectivity index (χ3v) is 7.35. The Kier molecular flexibility index (Phi) is 8.10. The minimum atomic E-state index is -0.0457. The van der Waals surface area contributed by atoms with Crippen LogP contribution in [-0.4, -0.2) is 65.2 Å². The van der Waals surface area contributed by atoms with Crippen molar-refractivity contribution in [3.63, 3.8) is 0 Å². The maximum atomic E-state index is 12.7. The monoisotopic (exact) mass is 546 g/mol. The van der Waals surface area contributed by atoms with Gasteiger partial charge in [0.2, 0.25) is 5.91 Å². The van der Waals surface area contributed by atoms with Gasteiger partial charge in [-0.1, -0.05) is 5.92 Å². The van der Waals surface area contributed by atoms with Gasteiger partial charge in [-0.2, -0.15) is 10.5 Å². The van der Waals surface area contributed by atoms with Crippen LogP contribution in [0.1, 0.15) is 54.5 Å². The minimum absolute atomic E-state index is 0.0457. The van der Waals surface area contributed by atoms with Gasteiger partial charge in [0.1, 0.15) is 23.5 Å². The highest BCUT2D eigenvalue weighted by Gasteiger charge is 2.35. The van der Waals surface area contributed by atoms with E-state index in [0.29, 0.717) is 72.5 Å². The van der Waals surface area contributed by atoms with Gasteiger partial charge in [0, 0.05) is 56.7 Å². The molecule has 1 saturated heterocycles. The van der Waals surface area contributed by atoms with Crippen molar-refractivity contribution in [2.45, 2.75) is 38.1 Å². The average molecular weight is 547 g/mol. The van der Waals surface area contributed by atoms with Gasteiger partial charge in [0.05, 0.1) is 41.6 Å². The van der Waals surface area contributed by atoms with E-state index >= 15 is 0 Å². The molecule has 41 heavy (non-hydrogen) atoms. The number of carbonyl (C=O) groups excluding carboxylic acids is 1. The summed E-state index contributed by atoms with van der Waals surface area (Å²) in [6.07, 6.45) is 11.2. The van der Waals surface area contributed by atoms with Crippen molar-refractivity contribution < 1.29 is 9.53 Å². The first-order chi connectivity index (χ1) is 20.0. The molecule has 1 atom stereocenters. The molecule has 1 amide bonds. The topological polar surface area (TPSA) is 122 Å². The van der Waals surface area contributed by atoms with Crippen LogP contribution < -0.4 is 9.80 Å². The highest BCUT2D eigenvalue weighted by Crippen LogP contribution is 2.47. The first-order valence-corrected chi connectivity index (χ1v) is 13.5. The van der Waals surface area contributed by atoms with Crippen molar-refractivity contribution in [2.75, 3.05) is 43.2 Å². The van der Waals surface area contributed by atoms with E-state index in [4.69, 9.17) is 16.1 Å². The van der Waals surface area contributed by atoms with Gasteiger partial charge in [-0.15, -0.1) is 6.42 Å². The molecule has 0 radical (unpaired) electrons. The van der Waals surface area contributed by atoms with Crippen LogP contribution in [0, 0.1) is 35.0 Å². The van der Waals surface area contributed by atoms with Crippen LogP contribution in [0.15, 0.2) is 42.7 Å². The third kappa shape index (κ3) is 5.82. The summed E-state index contributed by atoms with van der Waals surface area (Å²) < 4.78 is 5.08. The van der Waals surface area contributed by atoms with E-state index in [2.05, 4.69) is 32.9 Å². The van der Waals surface area contributed by atoms with Crippen molar-refractivity contribution in [1.82, 2.24) is 19.9 Å². The predicted octanol–water partition coefficient (Wildman–Crippen LogP) is 4.02. The summed E-state index contributed by atoms with van der Waals surface area (Å²) in [5.74, 6) is 4.52. The molecule has 0 unspecified atom stereocenters. The standard InChI is InChI=1S/C31H30N8O2/c1-4-22-7-10-34-27(15-22)39(28-16-23(18-32)8-11-35-28)26-17-25(19-33)31(36-30(26)24-5-6-24)37-12-13-38(21(2)20-37)29(40)9-14-41-3/h1,7-8,10-11,15-17,21,24H,5-6,9,12-14,20H2,2-3H3/t21-/m1/s1. The molecule has 0 N–H and O–H groups in total. The van der Waals surface area contributed by atoms with Gasteiger partial charge < -0.3 is 14.5 Å². The number of piperazine rings is 1. The van der Waals surface area contributed by atoms with Crippen LogP contribution in [0.5, 0.6) is 0 Å². The average Bonchev–Trinajstić information content (AvgIpc) is 3.85. The van der Waals surface area contributed by atoms with E-state index < -0.39 is 0 Å². The van der Waals surface area contributed by atoms with Crippen molar-refractivity contribution in [3.05, 3.63) is 65.1 Å². The molecule has 1 aliphatic heterocycles. The second kappa shape index (κ2) is 12.0. The van der Waals surface area contributed by atoms with E-state index in [9.17, 15) is 15.3 Å². The molecule has 206 valence electrons. The number of nitriles is 2. The van der Waals surface area contributed by atoms with Crippen molar-refractivity contribution in [1.29, 1.82) is 10.5 Å². The smallest absolute Gasteiger partial charge is 0.225 e. The summed E-state index contributed by atoms with van der Waals surface area (Å²) in [5.41, 5.74) is 3.01. The highest BCUT2D eigenvalue weighted by atomic mass is 16.5. The molecule has 5 rings (SSSR count). The molecular formula is C31H30N8O2. The highest BCUT2D eigenvalue weighted by molar-refractivity contribution is 5.79. The Morgan fingerprint density at radius 2 is 1.80 bits per heavy atom. The number of aromatic nitrogens is 3. The zero-order valence-electron chi connectivity index (χ0n) is 23.1. The number of ether oxygens (including phenoxy) is 1. The Morgan fingerprint density at radius 3 is 2.41 bits per heavy atom. The van der Waals surface area contributed by atoms with Crippen LogP contribution in [-0.2, 0) is 9.53 Å². The molecule has 0 spiro atoms. The first kappa shape index (κ1) is 27.6. The molecule has 1 aliphatic carbocycles. The van der Waals surface area contributed by atoms with E-state index in [1.165, 1.54) is 0 Å². The number of nitrogens with zero attached hydrogens (tertiary/aromatic N) is 8. The molecule has 10 nitrogen and oxygen atoms in total. The quantitative estimate of drug-likeness (QED) is 0.386. The molecule has 1 saturated carbocycles. The molecule has 2 fully saturated rings. The van der Waals surface area contributed by atoms with Gasteiger partial charge in [0.25, 0.3) is 0 Å². The Hall–Kier alpha value is -4.98. The minimum Gasteiger partial charge on any atom is -0.384 e. The second-order valence-electron chi connectivity index (χ2n) is 10.2. The van der Waals surface area contributed by atoms with E-state index in [-0.39, 0.29) is 17.9 Å². The second-order valence-corrected chi connectivity index (χ2v) is 10.2. The largest absolute Gasteiger partial charge is 0.384 e. The number of rotatable bonds is 8. The Labute approximate surface area is 239 Å². The fraction of sp³-hybridized carbons (Fsp3) is 0.355.